The molecule has 0 radical (unpaired) electrons. The van der Waals surface area contributed by atoms with Crippen molar-refractivity contribution < 1.29 is 39.1 Å². The van der Waals surface area contributed by atoms with Crippen molar-refractivity contribution in [3.05, 3.63) is 21.2 Å². The third kappa shape index (κ3) is 4.73. The van der Waals surface area contributed by atoms with Crippen molar-refractivity contribution in [2.45, 2.75) is 70.9 Å². The van der Waals surface area contributed by atoms with Gasteiger partial charge < -0.3 is 34.3 Å². The maximum absolute atomic E-state index is 12.9. The zero-order valence-corrected chi connectivity index (χ0v) is 18.3. The molecular formula is C19H26Cl2O8. The van der Waals surface area contributed by atoms with Crippen molar-refractivity contribution in [3.63, 3.8) is 0 Å². The van der Waals surface area contributed by atoms with Gasteiger partial charge in [0.25, 0.3) is 0 Å². The highest BCUT2D eigenvalue weighted by molar-refractivity contribution is 6.39. The molecular weight excluding hydrogens is 427 g/mol. The minimum Gasteiger partial charge on any atom is -0.505 e. The lowest BCUT2D eigenvalue weighted by Crippen LogP contribution is -2.59. The predicted molar refractivity (Wildman–Crippen MR) is 106 cm³/mol. The molecule has 3 N–H and O–H groups in total. The van der Waals surface area contributed by atoms with Crippen molar-refractivity contribution in [2.75, 3.05) is 7.11 Å². The van der Waals surface area contributed by atoms with Crippen LogP contribution in [0.1, 0.15) is 43.6 Å². The molecule has 1 aliphatic heterocycles. The largest absolute Gasteiger partial charge is 0.505 e. The molecule has 2 rings (SSSR count). The molecule has 10 heteroatoms. The Hall–Kier alpha value is -1.29. The van der Waals surface area contributed by atoms with Crippen LogP contribution < -0.4 is 0 Å². The number of hydrogen-bond acceptors (Lipinski definition) is 8. The molecule has 0 unspecified atom stereocenters. The molecule has 0 aromatic heterocycles. The van der Waals surface area contributed by atoms with Crippen LogP contribution in [0.25, 0.3) is 0 Å². The van der Waals surface area contributed by atoms with Crippen molar-refractivity contribution in [3.8, 4) is 11.5 Å². The molecule has 164 valence electrons. The lowest BCUT2D eigenvalue weighted by atomic mass is 9.98. The van der Waals surface area contributed by atoms with Gasteiger partial charge in [-0.2, -0.15) is 0 Å². The number of carbonyl (C=O) groups excluding carboxylic acids is 1. The SMILES string of the molecule is CCc1c(Cl)c(O)c(Cl)c(O)c1C(=O)O[C@@H]1[C@@H](O)[C@H](C)O[C@H](OC(C)C)[C@@H]1OC. The molecule has 1 fully saturated rings. The van der Waals surface area contributed by atoms with Crippen LogP contribution in [0.2, 0.25) is 10.0 Å². The first-order valence-electron chi connectivity index (χ1n) is 9.19. The highest BCUT2D eigenvalue weighted by Crippen LogP contribution is 2.45. The number of hydrogen-bond donors (Lipinski definition) is 3. The number of methoxy groups -OCH3 is 1. The van der Waals surface area contributed by atoms with Gasteiger partial charge in [-0.05, 0) is 32.8 Å². The van der Waals surface area contributed by atoms with Gasteiger partial charge in [-0.3, -0.25) is 0 Å². The molecule has 0 saturated carbocycles. The van der Waals surface area contributed by atoms with Crippen LogP contribution >= 0.6 is 23.2 Å². The topological polar surface area (TPSA) is 115 Å². The van der Waals surface area contributed by atoms with Crippen LogP contribution in [0.15, 0.2) is 0 Å². The van der Waals surface area contributed by atoms with E-state index in [1.807, 2.05) is 0 Å². The molecule has 29 heavy (non-hydrogen) atoms. The third-order valence-corrected chi connectivity index (χ3v) is 5.43. The van der Waals surface area contributed by atoms with Crippen molar-refractivity contribution in [1.82, 2.24) is 0 Å². The van der Waals surface area contributed by atoms with Crippen LogP contribution in [0.5, 0.6) is 11.5 Å². The number of ether oxygens (including phenoxy) is 4. The fourth-order valence-corrected chi connectivity index (χ4v) is 3.75. The summed E-state index contributed by atoms with van der Waals surface area (Å²) in [5, 5.41) is 30.2. The summed E-state index contributed by atoms with van der Waals surface area (Å²) < 4.78 is 22.2. The number of aliphatic hydroxyl groups is 1. The molecule has 1 saturated heterocycles. The second kappa shape index (κ2) is 9.68. The number of esters is 1. The van der Waals surface area contributed by atoms with Gasteiger partial charge in [-0.1, -0.05) is 30.1 Å². The monoisotopic (exact) mass is 452 g/mol. The summed E-state index contributed by atoms with van der Waals surface area (Å²) in [5.41, 5.74) is -0.127. The Morgan fingerprint density at radius 2 is 1.79 bits per heavy atom. The Morgan fingerprint density at radius 3 is 2.31 bits per heavy atom. The molecule has 0 aliphatic carbocycles. The van der Waals surface area contributed by atoms with E-state index in [1.165, 1.54) is 7.11 Å². The van der Waals surface area contributed by atoms with Crippen LogP contribution in [0.3, 0.4) is 0 Å². The Balaban J connectivity index is 2.42. The van der Waals surface area contributed by atoms with Crippen molar-refractivity contribution >= 4 is 29.2 Å². The zero-order chi connectivity index (χ0) is 22.0. The second-order valence-electron chi connectivity index (χ2n) is 6.99. The summed E-state index contributed by atoms with van der Waals surface area (Å²) in [5.74, 6) is -2.17. The number of rotatable bonds is 6. The van der Waals surface area contributed by atoms with Crippen molar-refractivity contribution in [1.29, 1.82) is 0 Å². The standard InChI is InChI=1S/C19H26Cl2O8/c1-6-9-10(14(23)12(21)15(24)11(9)20)18(25)29-16-13(22)8(4)28-19(17(16)26-5)27-7(2)3/h7-8,13,16-17,19,22-24H,6H2,1-5H3/t8-,13-,16+,17+,19-/m0/s1. The van der Waals surface area contributed by atoms with E-state index in [0.717, 1.165) is 0 Å². The average Bonchev–Trinajstić information content (AvgIpc) is 2.66. The molecule has 0 amide bonds. The van der Waals surface area contributed by atoms with Gasteiger partial charge in [0, 0.05) is 7.11 Å². The molecule has 5 atom stereocenters. The maximum atomic E-state index is 12.9. The third-order valence-electron chi connectivity index (χ3n) is 4.66. The fourth-order valence-electron chi connectivity index (χ4n) is 3.19. The van der Waals surface area contributed by atoms with Crippen LogP contribution in [-0.2, 0) is 25.4 Å². The number of phenols is 2. The summed E-state index contributed by atoms with van der Waals surface area (Å²) in [6, 6.07) is 0. The lowest BCUT2D eigenvalue weighted by molar-refractivity contribution is -0.305. The summed E-state index contributed by atoms with van der Waals surface area (Å²) >= 11 is 12.0. The van der Waals surface area contributed by atoms with E-state index in [9.17, 15) is 20.1 Å². The lowest BCUT2D eigenvalue weighted by Gasteiger charge is -2.42. The Morgan fingerprint density at radius 1 is 1.17 bits per heavy atom. The minimum absolute atomic E-state index is 0.160. The quantitative estimate of drug-likeness (QED) is 0.564. The summed E-state index contributed by atoms with van der Waals surface area (Å²) in [4.78, 5) is 12.9. The van der Waals surface area contributed by atoms with Gasteiger partial charge in [0.15, 0.2) is 23.9 Å². The van der Waals surface area contributed by atoms with Gasteiger partial charge in [-0.25, -0.2) is 4.79 Å². The summed E-state index contributed by atoms with van der Waals surface area (Å²) in [6.07, 6.45) is -4.90. The number of aliphatic hydroxyl groups excluding tert-OH is 1. The number of phenolic OH excluding ortho intramolecular Hbond substituents is 2. The van der Waals surface area contributed by atoms with E-state index in [-0.39, 0.29) is 28.7 Å². The Labute approximate surface area is 179 Å². The van der Waals surface area contributed by atoms with E-state index in [0.29, 0.717) is 0 Å². The highest BCUT2D eigenvalue weighted by Gasteiger charge is 2.47. The number of benzene rings is 1. The molecule has 0 spiro atoms. The van der Waals surface area contributed by atoms with E-state index < -0.39 is 53.2 Å². The first-order valence-corrected chi connectivity index (χ1v) is 9.95. The van der Waals surface area contributed by atoms with Gasteiger partial charge >= 0.3 is 5.97 Å². The smallest absolute Gasteiger partial charge is 0.342 e. The second-order valence-corrected chi connectivity index (χ2v) is 7.74. The van der Waals surface area contributed by atoms with E-state index in [1.54, 1.807) is 27.7 Å². The van der Waals surface area contributed by atoms with Gasteiger partial charge in [0.1, 0.15) is 22.8 Å². The normalized spacial score (nSPS) is 27.3. The molecule has 8 nitrogen and oxygen atoms in total. The number of aromatic hydroxyl groups is 2. The average molecular weight is 453 g/mol. The molecule has 1 heterocycles. The maximum Gasteiger partial charge on any atom is 0.342 e. The highest BCUT2D eigenvalue weighted by atomic mass is 35.5. The van der Waals surface area contributed by atoms with E-state index in [2.05, 4.69) is 0 Å². The number of halogens is 2. The van der Waals surface area contributed by atoms with Gasteiger partial charge in [0.05, 0.1) is 17.2 Å². The Bertz CT molecular complexity index is 754. The van der Waals surface area contributed by atoms with Crippen LogP contribution in [0, 0.1) is 0 Å². The minimum atomic E-state index is -1.22. The van der Waals surface area contributed by atoms with Gasteiger partial charge in [0.2, 0.25) is 0 Å². The first kappa shape index (κ1) is 24.0. The molecule has 0 bridgehead atoms. The van der Waals surface area contributed by atoms with Gasteiger partial charge in [-0.15, -0.1) is 0 Å². The molecule has 1 aromatic carbocycles. The van der Waals surface area contributed by atoms with Crippen LogP contribution in [-0.4, -0.2) is 65.2 Å². The first-order chi connectivity index (χ1) is 13.5. The van der Waals surface area contributed by atoms with E-state index in [4.69, 9.17) is 42.1 Å². The summed E-state index contributed by atoms with van der Waals surface area (Å²) in [7, 11) is 1.37. The predicted octanol–water partition coefficient (Wildman–Crippen LogP) is 3.04. The van der Waals surface area contributed by atoms with Crippen LogP contribution in [0.4, 0.5) is 0 Å². The van der Waals surface area contributed by atoms with E-state index >= 15 is 0 Å². The zero-order valence-electron chi connectivity index (χ0n) is 16.8. The molecule has 1 aromatic rings. The fraction of sp³-hybridized carbons (Fsp3) is 0.632. The Kier molecular flexibility index (Phi) is 8.00. The number of carbonyl (C=O) groups is 1. The van der Waals surface area contributed by atoms with Crippen molar-refractivity contribution in [2.24, 2.45) is 0 Å². The summed E-state index contributed by atoms with van der Waals surface area (Å²) in [6.45, 7) is 6.90. The molecule has 1 aliphatic rings.